The smallest absolute Gasteiger partial charge is 0.261 e. The Kier molecular flexibility index (Phi) is 4.36. The number of halogens is 2. The van der Waals surface area contributed by atoms with Crippen LogP contribution in [-0.2, 0) is 19.6 Å². The normalized spacial score (nSPS) is 18.2. The number of rotatable bonds is 3. The molecule has 0 radical (unpaired) electrons. The first-order valence-electron chi connectivity index (χ1n) is 7.26. The zero-order valence-corrected chi connectivity index (χ0v) is 15.1. The first kappa shape index (κ1) is 17.3. The Bertz CT molecular complexity index is 865. The Labute approximate surface area is 149 Å². The van der Waals surface area contributed by atoms with Crippen LogP contribution in [0.4, 0.5) is 11.4 Å². The average Bonchev–Trinajstić information content (AvgIpc) is 2.74. The number of sulfonamides is 1. The Balaban J connectivity index is 2.11. The summed E-state index contributed by atoms with van der Waals surface area (Å²) in [6, 6.07) is 2.61. The van der Waals surface area contributed by atoms with Gasteiger partial charge in [0.2, 0.25) is 10.0 Å². The maximum absolute atomic E-state index is 12.7. The molecule has 1 aliphatic heterocycles. The molecule has 1 N–H and O–H groups in total. The monoisotopic (exact) mass is 388 g/mol. The van der Waals surface area contributed by atoms with E-state index in [2.05, 4.69) is 4.72 Å². The number of anilines is 2. The van der Waals surface area contributed by atoms with Crippen molar-refractivity contribution >= 4 is 56.4 Å². The number of nitrogens with zero attached hydrogens (tertiary/aromatic N) is 1. The lowest BCUT2D eigenvalue weighted by Gasteiger charge is -2.20. The zero-order chi connectivity index (χ0) is 17.6. The van der Waals surface area contributed by atoms with Gasteiger partial charge in [-0.1, -0.05) is 23.2 Å². The minimum absolute atomic E-state index is 0.0356. The summed E-state index contributed by atoms with van der Waals surface area (Å²) in [5.74, 6) is -0.853. The van der Waals surface area contributed by atoms with Crippen LogP contribution in [0.25, 0.3) is 0 Å². The fraction of sp³-hybridized carbons (Fsp3) is 0.333. The summed E-state index contributed by atoms with van der Waals surface area (Å²) in [6.45, 7) is 0. The largest absolute Gasteiger partial charge is 0.282 e. The molecule has 128 valence electrons. The van der Waals surface area contributed by atoms with Crippen LogP contribution in [0.15, 0.2) is 23.3 Å². The molecule has 0 saturated carbocycles. The highest BCUT2D eigenvalue weighted by molar-refractivity contribution is 7.92. The van der Waals surface area contributed by atoms with E-state index in [-0.39, 0.29) is 21.4 Å². The number of benzene rings is 1. The number of imide groups is 1. The lowest BCUT2D eigenvalue weighted by Crippen LogP contribution is -2.32. The Morgan fingerprint density at radius 2 is 1.50 bits per heavy atom. The second kappa shape index (κ2) is 6.06. The third kappa shape index (κ3) is 3.03. The summed E-state index contributed by atoms with van der Waals surface area (Å²) in [4.78, 5) is 26.3. The SMILES string of the molecule is CS(=O)(=O)Nc1cc(Cl)c(Cl)cc1N1C(=O)C2=C(CCCC2)C1=O. The van der Waals surface area contributed by atoms with Gasteiger partial charge in [0, 0.05) is 11.1 Å². The molecule has 0 spiro atoms. The molecule has 2 amide bonds. The highest BCUT2D eigenvalue weighted by Crippen LogP contribution is 2.41. The highest BCUT2D eigenvalue weighted by Gasteiger charge is 2.41. The maximum Gasteiger partial charge on any atom is 0.261 e. The number of carbonyl (C=O) groups excluding carboxylic acids is 2. The van der Waals surface area contributed by atoms with Crippen LogP contribution in [0.2, 0.25) is 10.0 Å². The molecule has 1 heterocycles. The van der Waals surface area contributed by atoms with Gasteiger partial charge in [-0.25, -0.2) is 13.3 Å². The standard InChI is InChI=1S/C15H14Cl2N2O4S/c1-24(22,23)18-12-6-10(16)11(17)7-13(12)19-14(20)8-4-2-3-5-9(8)15(19)21/h6-7,18H,2-5H2,1H3. The van der Waals surface area contributed by atoms with Crippen LogP contribution >= 0.6 is 23.2 Å². The van der Waals surface area contributed by atoms with Crippen molar-refractivity contribution in [2.45, 2.75) is 25.7 Å². The molecule has 0 unspecified atom stereocenters. The first-order chi connectivity index (χ1) is 11.2. The van der Waals surface area contributed by atoms with Crippen LogP contribution in [0.5, 0.6) is 0 Å². The van der Waals surface area contributed by atoms with Crippen molar-refractivity contribution < 1.29 is 18.0 Å². The van der Waals surface area contributed by atoms with Crippen molar-refractivity contribution in [3.63, 3.8) is 0 Å². The van der Waals surface area contributed by atoms with Crippen LogP contribution in [0, 0.1) is 0 Å². The Morgan fingerprint density at radius 3 is 2.00 bits per heavy atom. The second-order valence-electron chi connectivity index (χ2n) is 5.77. The minimum atomic E-state index is -3.63. The summed E-state index contributed by atoms with van der Waals surface area (Å²) >= 11 is 12.0. The zero-order valence-electron chi connectivity index (χ0n) is 12.7. The predicted octanol–water partition coefficient (Wildman–Crippen LogP) is 3.11. The molecule has 6 nitrogen and oxygen atoms in total. The van der Waals surface area contributed by atoms with Crippen molar-refractivity contribution in [1.82, 2.24) is 0 Å². The lowest BCUT2D eigenvalue weighted by atomic mass is 9.93. The molecule has 3 rings (SSSR count). The summed E-state index contributed by atoms with van der Waals surface area (Å²) in [5, 5.41) is 0.236. The van der Waals surface area contributed by atoms with Gasteiger partial charge in [-0.3, -0.25) is 14.3 Å². The van der Waals surface area contributed by atoms with Crippen molar-refractivity contribution in [3.8, 4) is 0 Å². The molecular weight excluding hydrogens is 375 g/mol. The fourth-order valence-corrected chi connectivity index (χ4v) is 3.85. The van der Waals surface area contributed by atoms with Crippen molar-refractivity contribution in [2.24, 2.45) is 0 Å². The minimum Gasteiger partial charge on any atom is -0.282 e. The molecule has 0 aromatic heterocycles. The van der Waals surface area contributed by atoms with Crippen molar-refractivity contribution in [1.29, 1.82) is 0 Å². The molecule has 9 heteroatoms. The second-order valence-corrected chi connectivity index (χ2v) is 8.33. The molecule has 0 saturated heterocycles. The van der Waals surface area contributed by atoms with E-state index in [0.717, 1.165) is 24.0 Å². The quantitative estimate of drug-likeness (QED) is 0.806. The summed E-state index contributed by atoms with van der Waals surface area (Å²) < 4.78 is 25.5. The summed E-state index contributed by atoms with van der Waals surface area (Å²) in [6.07, 6.45) is 3.76. The Morgan fingerprint density at radius 1 is 1.00 bits per heavy atom. The Hall–Kier alpha value is -1.57. The number of carbonyl (C=O) groups is 2. The van der Waals surface area contributed by atoms with Gasteiger partial charge < -0.3 is 0 Å². The summed E-state index contributed by atoms with van der Waals surface area (Å²) in [7, 11) is -3.63. The van der Waals surface area contributed by atoms with Gasteiger partial charge in [0.25, 0.3) is 11.8 Å². The molecule has 0 bridgehead atoms. The van der Waals surface area contributed by atoms with E-state index in [9.17, 15) is 18.0 Å². The third-order valence-electron chi connectivity index (χ3n) is 3.97. The van der Waals surface area contributed by atoms with E-state index in [4.69, 9.17) is 23.2 Å². The van der Waals surface area contributed by atoms with Gasteiger partial charge in [-0.05, 0) is 37.8 Å². The van der Waals surface area contributed by atoms with Gasteiger partial charge in [-0.15, -0.1) is 0 Å². The van der Waals surface area contributed by atoms with Crippen LogP contribution in [-0.4, -0.2) is 26.5 Å². The van der Waals surface area contributed by atoms with Gasteiger partial charge in [0.05, 0.1) is 27.7 Å². The van der Waals surface area contributed by atoms with Gasteiger partial charge in [0.1, 0.15) is 0 Å². The maximum atomic E-state index is 12.7. The van der Waals surface area contributed by atoms with Crippen LogP contribution in [0.1, 0.15) is 25.7 Å². The molecule has 1 aromatic rings. The van der Waals surface area contributed by atoms with Gasteiger partial charge >= 0.3 is 0 Å². The molecule has 24 heavy (non-hydrogen) atoms. The lowest BCUT2D eigenvalue weighted by molar-refractivity contribution is -0.120. The van der Waals surface area contributed by atoms with Crippen molar-refractivity contribution in [2.75, 3.05) is 15.9 Å². The van der Waals surface area contributed by atoms with Gasteiger partial charge in [0.15, 0.2) is 0 Å². The molecule has 2 aliphatic rings. The van der Waals surface area contributed by atoms with E-state index >= 15 is 0 Å². The van der Waals surface area contributed by atoms with Gasteiger partial charge in [-0.2, -0.15) is 0 Å². The van der Waals surface area contributed by atoms with Crippen LogP contribution in [0.3, 0.4) is 0 Å². The molecule has 1 aliphatic carbocycles. The third-order valence-corrected chi connectivity index (χ3v) is 5.28. The average molecular weight is 389 g/mol. The topological polar surface area (TPSA) is 83.6 Å². The van der Waals surface area contributed by atoms with E-state index in [1.54, 1.807) is 0 Å². The molecular formula is C15H14Cl2N2O4S. The predicted molar refractivity (Wildman–Crippen MR) is 92.9 cm³/mol. The van der Waals surface area contributed by atoms with E-state index in [1.807, 2.05) is 0 Å². The van der Waals surface area contributed by atoms with Crippen molar-refractivity contribution in [3.05, 3.63) is 33.3 Å². The molecule has 0 atom stereocenters. The number of hydrogen-bond donors (Lipinski definition) is 1. The van der Waals surface area contributed by atoms with E-state index in [0.29, 0.717) is 24.0 Å². The number of amides is 2. The highest BCUT2D eigenvalue weighted by atomic mass is 35.5. The summed E-state index contributed by atoms with van der Waals surface area (Å²) in [5.41, 5.74) is 1.12. The first-order valence-corrected chi connectivity index (χ1v) is 9.91. The molecule has 1 aromatic carbocycles. The fourth-order valence-electron chi connectivity index (χ4n) is 2.96. The molecule has 0 fully saturated rings. The van der Waals surface area contributed by atoms with E-state index in [1.165, 1.54) is 12.1 Å². The van der Waals surface area contributed by atoms with Crippen LogP contribution < -0.4 is 9.62 Å². The number of nitrogens with one attached hydrogen (secondary N) is 1. The number of hydrogen-bond acceptors (Lipinski definition) is 4. The van der Waals surface area contributed by atoms with E-state index < -0.39 is 21.8 Å².